The number of benzene rings is 2. The Morgan fingerprint density at radius 2 is 1.16 bits per heavy atom. The molecule has 0 bridgehead atoms. The molecule has 0 fully saturated rings. The first-order valence-electron chi connectivity index (χ1n) is 14.1. The fourth-order valence-electron chi connectivity index (χ4n) is 4.36. The van der Waals surface area contributed by atoms with E-state index in [9.17, 15) is 13.2 Å². The number of rotatable bonds is 19. The fraction of sp³-hybridized carbons (Fsp3) is 0.567. The Bertz CT molecular complexity index is 1000. The molecule has 7 heteroatoms. The molecule has 206 valence electrons. The third kappa shape index (κ3) is 13.8. The van der Waals surface area contributed by atoms with Gasteiger partial charge in [-0.15, -0.1) is 0 Å². The van der Waals surface area contributed by atoms with Crippen LogP contribution in [-0.2, 0) is 10.0 Å². The molecule has 0 heterocycles. The molecule has 0 spiro atoms. The number of amides is 1. The maximum absolute atomic E-state index is 12.4. The van der Waals surface area contributed by atoms with Crippen molar-refractivity contribution in [2.45, 2.75) is 108 Å². The Balaban J connectivity index is 1.48. The predicted octanol–water partition coefficient (Wildman–Crippen LogP) is 8.24. The van der Waals surface area contributed by atoms with Gasteiger partial charge in [-0.1, -0.05) is 115 Å². The van der Waals surface area contributed by atoms with E-state index in [4.69, 9.17) is 0 Å². The summed E-state index contributed by atoms with van der Waals surface area (Å²) in [6.45, 7) is 8.31. The Kier molecular flexibility index (Phi) is 14.0. The second-order valence-corrected chi connectivity index (χ2v) is 18.6. The lowest BCUT2D eigenvalue weighted by atomic mass is 10.1. The van der Waals surface area contributed by atoms with E-state index < -0.39 is 24.0 Å². The summed E-state index contributed by atoms with van der Waals surface area (Å²) < 4.78 is 26.8. The van der Waals surface area contributed by atoms with Crippen LogP contribution in [0.2, 0.25) is 25.7 Å². The molecule has 0 aromatic heterocycles. The molecule has 2 aromatic rings. The monoisotopic (exact) mass is 544 g/mol. The second kappa shape index (κ2) is 16.7. The number of carbonyl (C=O) groups is 1. The minimum Gasteiger partial charge on any atom is -0.385 e. The average molecular weight is 545 g/mol. The molecule has 5 nitrogen and oxygen atoms in total. The third-order valence-corrected chi connectivity index (χ3v) is 9.81. The molecule has 37 heavy (non-hydrogen) atoms. The van der Waals surface area contributed by atoms with Crippen molar-refractivity contribution in [2.24, 2.45) is 0 Å². The SMILES string of the molecule is C[Si](C)(C)CCCCCCCCCCCCCCNc1ccc(C(=O)NS(=O)(=O)c2ccccc2)cc1. The zero-order valence-corrected chi connectivity index (χ0v) is 25.0. The van der Waals surface area contributed by atoms with Crippen LogP contribution < -0.4 is 10.0 Å². The standard InChI is InChI=1S/C30H48N2O3SSi/c1-37(2,3)26-18-13-11-9-7-5-4-6-8-10-12-17-25-31-28-23-21-27(22-24-28)30(33)32-36(34,35)29-19-15-14-16-20-29/h14-16,19-24,31H,4-13,17-18,25-26H2,1-3H3,(H,32,33). The van der Waals surface area contributed by atoms with Crippen LogP contribution in [0.4, 0.5) is 5.69 Å². The van der Waals surface area contributed by atoms with Gasteiger partial charge in [0.25, 0.3) is 15.9 Å². The first-order valence-corrected chi connectivity index (χ1v) is 19.3. The van der Waals surface area contributed by atoms with Gasteiger partial charge in [0.05, 0.1) is 4.90 Å². The minimum atomic E-state index is -3.87. The molecular formula is C30H48N2O3SSi. The molecule has 2 rings (SSSR count). The molecule has 2 N–H and O–H groups in total. The summed E-state index contributed by atoms with van der Waals surface area (Å²) >= 11 is 0. The Morgan fingerprint density at radius 3 is 1.68 bits per heavy atom. The summed E-state index contributed by atoms with van der Waals surface area (Å²) in [5.41, 5.74) is 1.25. The molecule has 0 aliphatic rings. The van der Waals surface area contributed by atoms with E-state index in [2.05, 4.69) is 29.7 Å². The van der Waals surface area contributed by atoms with Crippen LogP contribution in [0.1, 0.15) is 87.4 Å². The second-order valence-electron chi connectivity index (χ2n) is 11.3. The van der Waals surface area contributed by atoms with Gasteiger partial charge in [-0.25, -0.2) is 13.1 Å². The van der Waals surface area contributed by atoms with E-state index in [-0.39, 0.29) is 4.90 Å². The third-order valence-electron chi connectivity index (χ3n) is 6.61. The molecule has 0 aliphatic heterocycles. The Labute approximate surface area is 226 Å². The van der Waals surface area contributed by atoms with Crippen LogP contribution in [0.5, 0.6) is 0 Å². The molecule has 0 radical (unpaired) electrons. The normalized spacial score (nSPS) is 11.9. The van der Waals surface area contributed by atoms with Crippen molar-refractivity contribution in [1.29, 1.82) is 0 Å². The van der Waals surface area contributed by atoms with Crippen molar-refractivity contribution in [3.63, 3.8) is 0 Å². The van der Waals surface area contributed by atoms with Crippen LogP contribution in [-0.4, -0.2) is 28.9 Å². The number of hydrogen-bond acceptors (Lipinski definition) is 4. The van der Waals surface area contributed by atoms with Gasteiger partial charge >= 0.3 is 0 Å². The van der Waals surface area contributed by atoms with Gasteiger partial charge in [-0.3, -0.25) is 4.79 Å². The Hall–Kier alpha value is -2.12. The van der Waals surface area contributed by atoms with Gasteiger partial charge in [-0.2, -0.15) is 0 Å². The van der Waals surface area contributed by atoms with Gasteiger partial charge in [0.1, 0.15) is 0 Å². The molecule has 0 aliphatic carbocycles. The molecule has 0 saturated carbocycles. The molecule has 0 atom stereocenters. The molecule has 0 saturated heterocycles. The summed E-state index contributed by atoms with van der Waals surface area (Å²) in [5.74, 6) is -0.632. The van der Waals surface area contributed by atoms with Crippen molar-refractivity contribution in [3.05, 3.63) is 60.2 Å². The van der Waals surface area contributed by atoms with E-state index in [0.29, 0.717) is 5.56 Å². The summed E-state index contributed by atoms with van der Waals surface area (Å²) in [7, 11) is -4.71. The van der Waals surface area contributed by atoms with Crippen molar-refractivity contribution in [2.75, 3.05) is 11.9 Å². The number of carbonyl (C=O) groups excluding carboxylic acids is 1. The topological polar surface area (TPSA) is 75.3 Å². The van der Waals surface area contributed by atoms with E-state index in [1.807, 2.05) is 12.1 Å². The van der Waals surface area contributed by atoms with Crippen molar-refractivity contribution < 1.29 is 13.2 Å². The fourth-order valence-corrected chi connectivity index (χ4v) is 6.67. The summed E-state index contributed by atoms with van der Waals surface area (Å²) in [4.78, 5) is 12.4. The highest BCUT2D eigenvalue weighted by molar-refractivity contribution is 7.90. The molecule has 1 amide bonds. The zero-order chi connectivity index (χ0) is 27.0. The first kappa shape index (κ1) is 31.1. The number of unbranched alkanes of at least 4 members (excludes halogenated alkanes) is 11. The summed E-state index contributed by atoms with van der Waals surface area (Å²) in [6, 6.07) is 16.3. The van der Waals surface area contributed by atoms with E-state index in [1.165, 1.54) is 88.8 Å². The zero-order valence-electron chi connectivity index (χ0n) is 23.2. The Morgan fingerprint density at radius 1 is 0.676 bits per heavy atom. The predicted molar refractivity (Wildman–Crippen MR) is 160 cm³/mol. The maximum Gasteiger partial charge on any atom is 0.264 e. The average Bonchev–Trinajstić information content (AvgIpc) is 2.86. The van der Waals surface area contributed by atoms with Crippen LogP contribution in [0.3, 0.4) is 0 Å². The number of anilines is 1. The molecule has 0 unspecified atom stereocenters. The van der Waals surface area contributed by atoms with Gasteiger partial charge < -0.3 is 5.32 Å². The minimum absolute atomic E-state index is 0.0696. The van der Waals surface area contributed by atoms with Crippen LogP contribution in [0.15, 0.2) is 59.5 Å². The molecule has 2 aromatic carbocycles. The largest absolute Gasteiger partial charge is 0.385 e. The highest BCUT2D eigenvalue weighted by Gasteiger charge is 2.18. The summed E-state index contributed by atoms with van der Waals surface area (Å²) in [6.07, 6.45) is 16.2. The van der Waals surface area contributed by atoms with Crippen LogP contribution in [0.25, 0.3) is 0 Å². The highest BCUT2D eigenvalue weighted by Crippen LogP contribution is 2.17. The first-order chi connectivity index (χ1) is 17.7. The van der Waals surface area contributed by atoms with Gasteiger partial charge in [0.2, 0.25) is 0 Å². The molecular weight excluding hydrogens is 496 g/mol. The van der Waals surface area contributed by atoms with Crippen LogP contribution >= 0.6 is 0 Å². The number of nitrogens with one attached hydrogen (secondary N) is 2. The lowest BCUT2D eigenvalue weighted by Gasteiger charge is -2.14. The van der Waals surface area contributed by atoms with Crippen molar-refractivity contribution >= 4 is 29.7 Å². The number of hydrogen-bond donors (Lipinski definition) is 2. The van der Waals surface area contributed by atoms with E-state index in [0.717, 1.165) is 18.7 Å². The van der Waals surface area contributed by atoms with Crippen molar-refractivity contribution in [1.82, 2.24) is 4.72 Å². The quantitative estimate of drug-likeness (QED) is 0.138. The van der Waals surface area contributed by atoms with Crippen molar-refractivity contribution in [3.8, 4) is 0 Å². The van der Waals surface area contributed by atoms with Gasteiger partial charge in [-0.05, 0) is 42.8 Å². The summed E-state index contributed by atoms with van der Waals surface area (Å²) in [5, 5.41) is 3.38. The van der Waals surface area contributed by atoms with E-state index in [1.54, 1.807) is 30.3 Å². The van der Waals surface area contributed by atoms with Gasteiger partial charge in [0, 0.05) is 25.9 Å². The number of sulfonamides is 1. The lowest BCUT2D eigenvalue weighted by Crippen LogP contribution is -2.30. The van der Waals surface area contributed by atoms with Gasteiger partial charge in [0.15, 0.2) is 0 Å². The lowest BCUT2D eigenvalue weighted by molar-refractivity contribution is 0.0981. The smallest absolute Gasteiger partial charge is 0.264 e. The van der Waals surface area contributed by atoms with Crippen LogP contribution in [0, 0.1) is 0 Å². The maximum atomic E-state index is 12.4. The highest BCUT2D eigenvalue weighted by atomic mass is 32.2. The van der Waals surface area contributed by atoms with E-state index >= 15 is 0 Å².